The molecule has 0 radical (unpaired) electrons. The highest BCUT2D eigenvalue weighted by molar-refractivity contribution is 8.04. The van der Waals surface area contributed by atoms with Gasteiger partial charge in [0.2, 0.25) is 13.5 Å². The maximum atomic E-state index is 12.6. The van der Waals surface area contributed by atoms with E-state index in [0.717, 1.165) is 16.7 Å². The first-order valence-electron chi connectivity index (χ1n) is 7.73. The van der Waals surface area contributed by atoms with Crippen LogP contribution in [-0.4, -0.2) is 66.9 Å². The molecule has 3 atom stereocenters. The van der Waals surface area contributed by atoms with E-state index in [9.17, 15) is 19.5 Å². The van der Waals surface area contributed by atoms with Gasteiger partial charge in [-0.2, -0.15) is 0 Å². The second-order valence-corrected chi connectivity index (χ2v) is 12.1. The van der Waals surface area contributed by atoms with Crippen LogP contribution in [0.15, 0.2) is 10.6 Å². The van der Waals surface area contributed by atoms with Gasteiger partial charge < -0.3 is 19.3 Å². The Kier molecular flexibility index (Phi) is 8.40. The zero-order valence-corrected chi connectivity index (χ0v) is 19.7. The summed E-state index contributed by atoms with van der Waals surface area (Å²) in [7, 11) is 0. The first-order valence-corrected chi connectivity index (χ1v) is 10.9. The van der Waals surface area contributed by atoms with Gasteiger partial charge in [-0.3, -0.25) is 9.69 Å². The molecule has 2 rings (SSSR count). The lowest BCUT2D eigenvalue weighted by atomic mass is 9.92. The molecule has 0 aliphatic carbocycles. The predicted octanol–water partition coefficient (Wildman–Crippen LogP) is 3.55. The molecular weight excluding hydrogens is 539 g/mol. The third kappa shape index (κ3) is 6.49. The summed E-state index contributed by atoms with van der Waals surface area (Å²) in [6.45, 7) is -0.138. The monoisotopic (exact) mass is 549 g/mol. The van der Waals surface area contributed by atoms with Gasteiger partial charge in [-0.15, -0.1) is 0 Å². The van der Waals surface area contributed by atoms with Crippen molar-refractivity contribution in [2.24, 2.45) is 5.92 Å². The molecule has 0 unspecified atom stereocenters. The molecule has 0 bridgehead atoms. The van der Waals surface area contributed by atoms with E-state index >= 15 is 0 Å². The molecule has 1 saturated heterocycles. The fourth-order valence-electron chi connectivity index (χ4n) is 2.56. The van der Waals surface area contributed by atoms with Crippen LogP contribution in [0.3, 0.4) is 0 Å². The molecule has 0 saturated carbocycles. The number of thioether (sulfide) groups is 1. The lowest BCUT2D eigenvalue weighted by Crippen LogP contribution is -2.61. The third-order valence-electron chi connectivity index (χ3n) is 3.70. The normalized spacial score (nSPS) is 22.8. The highest BCUT2D eigenvalue weighted by atomic mass is 35.6. The molecule has 15 heteroatoms. The number of fused-ring (bicyclic) bond motifs is 1. The van der Waals surface area contributed by atoms with E-state index in [1.165, 1.54) is 6.92 Å². The average molecular weight is 552 g/mol. The third-order valence-corrected chi connectivity index (χ3v) is 5.70. The van der Waals surface area contributed by atoms with E-state index in [1.807, 2.05) is 0 Å². The number of nitrogens with zero attached hydrogens (tertiary/aromatic N) is 1. The molecule has 2 aliphatic heterocycles. The van der Waals surface area contributed by atoms with Crippen LogP contribution in [0.5, 0.6) is 0 Å². The topological polar surface area (TPSA) is 102 Å². The summed E-state index contributed by atoms with van der Waals surface area (Å²) in [5, 5.41) is 8.93. The quantitative estimate of drug-likeness (QED) is 0.304. The zero-order valence-electron chi connectivity index (χ0n) is 14.4. The molecule has 29 heavy (non-hydrogen) atoms. The number of aliphatic hydroxyl groups is 1. The maximum Gasteiger partial charge on any atom is 0.508 e. The SMILES string of the molecule is C[C@@H](OC(=O)OCC(Cl)(Cl)Cl)[C@@H]1C(=O)N2C(C(=O)OCC(Cl)(Cl)Cl)=C(CO)S[C@H]12. The molecule has 2 aliphatic rings. The standard InChI is InChI=1S/C14H13Cl6NO7S/c1-5(28-12(25)27-4-14(18,19)20)7-9(23)21-8(6(2-22)29-10(7)21)11(24)26-3-13(15,16)17/h5,7,10,22H,2-4H2,1H3/t5-,7-,10-/m1/s1. The molecule has 0 spiro atoms. The van der Waals surface area contributed by atoms with Crippen LogP contribution in [0, 0.1) is 5.92 Å². The van der Waals surface area contributed by atoms with Crippen LogP contribution in [0.1, 0.15) is 6.92 Å². The van der Waals surface area contributed by atoms with Gasteiger partial charge in [-0.1, -0.05) is 81.4 Å². The molecule has 1 fully saturated rings. The van der Waals surface area contributed by atoms with Crippen molar-refractivity contribution >= 4 is 99.4 Å². The number of ether oxygens (including phenoxy) is 3. The lowest BCUT2D eigenvalue weighted by Gasteiger charge is -2.44. The van der Waals surface area contributed by atoms with E-state index in [1.54, 1.807) is 0 Å². The highest BCUT2D eigenvalue weighted by Gasteiger charge is 2.59. The van der Waals surface area contributed by atoms with E-state index in [0.29, 0.717) is 0 Å². The summed E-state index contributed by atoms with van der Waals surface area (Å²) in [5.41, 5.74) is -0.149. The van der Waals surface area contributed by atoms with E-state index < -0.39 is 62.8 Å². The second-order valence-electron chi connectivity index (χ2n) is 5.84. The van der Waals surface area contributed by atoms with Crippen LogP contribution >= 0.6 is 81.4 Å². The Morgan fingerprint density at radius 3 is 2.21 bits per heavy atom. The van der Waals surface area contributed by atoms with Gasteiger partial charge in [0, 0.05) is 4.91 Å². The minimum atomic E-state index is -1.84. The van der Waals surface area contributed by atoms with Crippen LogP contribution < -0.4 is 0 Å². The number of carbonyl (C=O) groups excluding carboxylic acids is 3. The van der Waals surface area contributed by atoms with Crippen LogP contribution in [0.2, 0.25) is 0 Å². The van der Waals surface area contributed by atoms with Gasteiger partial charge in [0.25, 0.3) is 0 Å². The number of halogens is 6. The fraction of sp³-hybridized carbons (Fsp3) is 0.643. The minimum Gasteiger partial charge on any atom is -0.456 e. The minimum absolute atomic E-state index is 0.149. The van der Waals surface area contributed by atoms with E-state index in [-0.39, 0.29) is 10.6 Å². The van der Waals surface area contributed by atoms with Gasteiger partial charge in [0.05, 0.1) is 6.61 Å². The van der Waals surface area contributed by atoms with Crippen LogP contribution in [0.4, 0.5) is 4.79 Å². The molecule has 164 valence electrons. The number of hydrogen-bond acceptors (Lipinski definition) is 8. The van der Waals surface area contributed by atoms with E-state index in [4.69, 9.17) is 79.1 Å². The van der Waals surface area contributed by atoms with Crippen molar-refractivity contribution in [2.45, 2.75) is 26.0 Å². The van der Waals surface area contributed by atoms with Gasteiger partial charge in [-0.25, -0.2) is 9.59 Å². The average Bonchev–Trinajstić information content (AvgIpc) is 2.91. The van der Waals surface area contributed by atoms with Crippen molar-refractivity contribution in [3.8, 4) is 0 Å². The molecule has 0 aromatic carbocycles. The summed E-state index contributed by atoms with van der Waals surface area (Å²) in [4.78, 5) is 37.9. The number of rotatable bonds is 6. The number of alkyl halides is 6. The maximum absolute atomic E-state index is 12.6. The Labute approximate surface area is 199 Å². The molecule has 1 amide bonds. The van der Waals surface area contributed by atoms with Crippen molar-refractivity contribution < 1.29 is 33.7 Å². The van der Waals surface area contributed by atoms with Crippen molar-refractivity contribution in [3.63, 3.8) is 0 Å². The number of hydrogen-bond donors (Lipinski definition) is 1. The highest BCUT2D eigenvalue weighted by Crippen LogP contribution is 2.50. The Bertz CT molecular complexity index is 722. The zero-order chi connectivity index (χ0) is 22.1. The number of β-lactam (4-membered cyclic amide) rings is 1. The summed E-state index contributed by atoms with van der Waals surface area (Å²) in [5.74, 6) is -2.26. The summed E-state index contributed by atoms with van der Waals surface area (Å²) in [6, 6.07) is 0. The molecular formula is C14H13Cl6NO7S. The van der Waals surface area contributed by atoms with Crippen molar-refractivity contribution in [1.29, 1.82) is 0 Å². The van der Waals surface area contributed by atoms with Crippen molar-refractivity contribution in [3.05, 3.63) is 10.6 Å². The van der Waals surface area contributed by atoms with Crippen LogP contribution in [0.25, 0.3) is 0 Å². The molecule has 2 heterocycles. The van der Waals surface area contributed by atoms with E-state index in [2.05, 4.69) is 4.74 Å². The lowest BCUT2D eigenvalue weighted by molar-refractivity contribution is -0.159. The Balaban J connectivity index is 2.01. The van der Waals surface area contributed by atoms with Gasteiger partial charge in [0.15, 0.2) is 0 Å². The Morgan fingerprint density at radius 1 is 1.14 bits per heavy atom. The van der Waals surface area contributed by atoms with Crippen molar-refractivity contribution in [2.75, 3.05) is 19.8 Å². The van der Waals surface area contributed by atoms with Crippen molar-refractivity contribution in [1.82, 2.24) is 4.90 Å². The van der Waals surface area contributed by atoms with Gasteiger partial charge in [0.1, 0.15) is 36.3 Å². The number of aliphatic hydroxyl groups excluding tert-OH is 1. The Morgan fingerprint density at radius 2 is 1.69 bits per heavy atom. The fourth-order valence-corrected chi connectivity index (χ4v) is 4.34. The predicted molar refractivity (Wildman–Crippen MR) is 109 cm³/mol. The molecule has 0 aromatic rings. The number of esters is 1. The number of amides is 1. The summed E-state index contributed by atoms with van der Waals surface area (Å²) < 4.78 is 10.9. The Hall–Kier alpha value is -0.0000000000000000555. The summed E-state index contributed by atoms with van der Waals surface area (Å²) in [6.07, 6.45) is -2.05. The smallest absolute Gasteiger partial charge is 0.456 e. The first-order chi connectivity index (χ1) is 13.2. The summed E-state index contributed by atoms with van der Waals surface area (Å²) >= 11 is 34.1. The molecule has 1 N–H and O–H groups in total. The van der Waals surface area contributed by atoms with Crippen LogP contribution in [-0.2, 0) is 23.8 Å². The van der Waals surface area contributed by atoms with Gasteiger partial charge >= 0.3 is 12.1 Å². The second kappa shape index (κ2) is 9.65. The molecule has 0 aromatic heterocycles. The largest absolute Gasteiger partial charge is 0.508 e. The van der Waals surface area contributed by atoms with Gasteiger partial charge in [-0.05, 0) is 6.92 Å². The first kappa shape index (κ1) is 25.3. The molecule has 8 nitrogen and oxygen atoms in total. The number of carbonyl (C=O) groups is 3.